The zero-order chi connectivity index (χ0) is 29.1. The Balaban J connectivity index is 1.37. The second-order valence-electron chi connectivity index (χ2n) is 10.5. The minimum atomic E-state index is -4.76. The average Bonchev–Trinajstić information content (AvgIpc) is 3.29. The van der Waals surface area contributed by atoms with Crippen molar-refractivity contribution in [3.05, 3.63) is 83.8 Å². The number of carbonyl (C=O) groups excluding carboxylic acids is 1. The number of aromatic nitrogens is 3. The van der Waals surface area contributed by atoms with Gasteiger partial charge in [-0.05, 0) is 60.5 Å². The number of ether oxygens (including phenoxy) is 1. The first-order valence-corrected chi connectivity index (χ1v) is 13.5. The molecule has 2 aromatic heterocycles. The molecule has 41 heavy (non-hydrogen) atoms. The van der Waals surface area contributed by atoms with Gasteiger partial charge in [-0.1, -0.05) is 31.2 Å². The first-order chi connectivity index (χ1) is 19.6. The van der Waals surface area contributed by atoms with E-state index < -0.39 is 18.2 Å². The fraction of sp³-hybridized carbons (Fsp3) is 0.367. The zero-order valence-corrected chi connectivity index (χ0v) is 23.0. The summed E-state index contributed by atoms with van der Waals surface area (Å²) in [5, 5.41) is 0. The van der Waals surface area contributed by atoms with Gasteiger partial charge in [0.2, 0.25) is 5.91 Å². The maximum atomic E-state index is 12.8. The molecule has 216 valence electrons. The van der Waals surface area contributed by atoms with E-state index in [1.54, 1.807) is 24.4 Å². The molecule has 2 aromatic carbocycles. The summed E-state index contributed by atoms with van der Waals surface area (Å²) in [6.45, 7) is 6.27. The lowest BCUT2D eigenvalue weighted by molar-refractivity contribution is -0.274. The Bertz CT molecular complexity index is 1480. The van der Waals surface area contributed by atoms with Crippen molar-refractivity contribution in [1.29, 1.82) is 0 Å². The number of hydrogen-bond donors (Lipinski definition) is 1. The maximum Gasteiger partial charge on any atom is 0.573 e. The molecule has 0 radical (unpaired) electrons. The van der Waals surface area contributed by atoms with Crippen molar-refractivity contribution in [1.82, 2.24) is 19.4 Å². The van der Waals surface area contributed by atoms with Crippen LogP contribution in [0.25, 0.3) is 11.2 Å². The number of anilines is 1. The fourth-order valence-corrected chi connectivity index (χ4v) is 5.31. The van der Waals surface area contributed by atoms with Gasteiger partial charge in [-0.25, -0.2) is 9.97 Å². The minimum absolute atomic E-state index is 0.172. The van der Waals surface area contributed by atoms with Crippen LogP contribution in [0, 0.1) is 5.92 Å². The second kappa shape index (κ2) is 11.8. The molecule has 1 aliphatic rings. The van der Waals surface area contributed by atoms with E-state index >= 15 is 0 Å². The summed E-state index contributed by atoms with van der Waals surface area (Å²) in [6.07, 6.45) is -2.83. The number of halogens is 3. The van der Waals surface area contributed by atoms with Crippen molar-refractivity contribution in [2.24, 2.45) is 11.7 Å². The van der Waals surface area contributed by atoms with E-state index in [2.05, 4.69) is 50.8 Å². The molecule has 1 fully saturated rings. The Morgan fingerprint density at radius 2 is 1.71 bits per heavy atom. The highest BCUT2D eigenvalue weighted by Gasteiger charge is 2.31. The Morgan fingerprint density at radius 1 is 1.02 bits per heavy atom. The molecule has 0 bridgehead atoms. The van der Waals surface area contributed by atoms with Crippen LogP contribution in [0.2, 0.25) is 0 Å². The van der Waals surface area contributed by atoms with E-state index in [-0.39, 0.29) is 18.1 Å². The molecule has 1 saturated heterocycles. The highest BCUT2D eigenvalue weighted by molar-refractivity contribution is 5.78. The molecule has 1 aliphatic heterocycles. The first-order valence-electron chi connectivity index (χ1n) is 13.5. The first kappa shape index (κ1) is 28.4. The lowest BCUT2D eigenvalue weighted by Crippen LogP contribution is -2.44. The summed E-state index contributed by atoms with van der Waals surface area (Å²) in [5.41, 5.74) is 10.1. The summed E-state index contributed by atoms with van der Waals surface area (Å²) < 4.78 is 43.6. The van der Waals surface area contributed by atoms with E-state index in [0.717, 1.165) is 43.0 Å². The van der Waals surface area contributed by atoms with Crippen molar-refractivity contribution in [2.45, 2.75) is 32.2 Å². The SMILES string of the molecule is C[C@H](c1ccc(N2CCN(C)CC2)cc1)C(Cc1nc2cccnc2n1Cc1ccc(OC(F)(F)F)cc1)C(N)=O. The molecule has 0 saturated carbocycles. The van der Waals surface area contributed by atoms with Crippen LogP contribution in [0.3, 0.4) is 0 Å². The van der Waals surface area contributed by atoms with Crippen LogP contribution < -0.4 is 15.4 Å². The lowest BCUT2D eigenvalue weighted by atomic mass is 9.84. The second-order valence-corrected chi connectivity index (χ2v) is 10.5. The van der Waals surface area contributed by atoms with Crippen LogP contribution in [0.5, 0.6) is 5.75 Å². The van der Waals surface area contributed by atoms with Crippen molar-refractivity contribution >= 4 is 22.8 Å². The molecular weight excluding hydrogens is 533 g/mol. The van der Waals surface area contributed by atoms with E-state index in [4.69, 9.17) is 10.7 Å². The number of nitrogens with zero attached hydrogens (tertiary/aromatic N) is 5. The normalized spacial score (nSPS) is 16.1. The Labute approximate surface area is 236 Å². The van der Waals surface area contributed by atoms with Crippen LogP contribution in [-0.4, -0.2) is 64.9 Å². The summed E-state index contributed by atoms with van der Waals surface area (Å²) in [6, 6.07) is 17.6. The molecule has 1 amide bonds. The van der Waals surface area contributed by atoms with Gasteiger partial charge in [-0.15, -0.1) is 13.2 Å². The number of benzene rings is 2. The van der Waals surface area contributed by atoms with Crippen molar-refractivity contribution in [3.8, 4) is 5.75 Å². The molecule has 2 atom stereocenters. The summed E-state index contributed by atoms with van der Waals surface area (Å²) in [7, 11) is 2.12. The molecule has 8 nitrogen and oxygen atoms in total. The van der Waals surface area contributed by atoms with Crippen LogP contribution in [0.15, 0.2) is 66.9 Å². The number of amides is 1. The van der Waals surface area contributed by atoms with Crippen molar-refractivity contribution in [2.75, 3.05) is 38.1 Å². The topological polar surface area (TPSA) is 89.5 Å². The number of nitrogens with two attached hydrogens (primary N) is 1. The molecule has 3 heterocycles. The van der Waals surface area contributed by atoms with Gasteiger partial charge < -0.3 is 24.8 Å². The molecule has 5 rings (SSSR count). The van der Waals surface area contributed by atoms with Crippen LogP contribution in [-0.2, 0) is 17.8 Å². The molecule has 0 aliphatic carbocycles. The molecule has 11 heteroatoms. The minimum Gasteiger partial charge on any atom is -0.406 e. The smallest absolute Gasteiger partial charge is 0.406 e. The predicted molar refractivity (Wildman–Crippen MR) is 151 cm³/mol. The third-order valence-corrected chi connectivity index (χ3v) is 7.74. The van der Waals surface area contributed by atoms with Crippen LogP contribution in [0.4, 0.5) is 18.9 Å². The number of fused-ring (bicyclic) bond motifs is 1. The fourth-order valence-electron chi connectivity index (χ4n) is 5.31. The van der Waals surface area contributed by atoms with E-state index in [9.17, 15) is 18.0 Å². The van der Waals surface area contributed by atoms with Gasteiger partial charge in [0.1, 0.15) is 17.1 Å². The van der Waals surface area contributed by atoms with Crippen LogP contribution >= 0.6 is 0 Å². The van der Waals surface area contributed by atoms with Gasteiger partial charge in [-0.2, -0.15) is 0 Å². The molecule has 4 aromatic rings. The number of carbonyl (C=O) groups is 1. The number of alkyl halides is 3. The Morgan fingerprint density at radius 3 is 2.34 bits per heavy atom. The van der Waals surface area contributed by atoms with E-state index in [0.29, 0.717) is 23.5 Å². The average molecular weight is 567 g/mol. The van der Waals surface area contributed by atoms with Crippen molar-refractivity contribution < 1.29 is 22.7 Å². The number of likely N-dealkylation sites (N-methyl/N-ethyl adjacent to an activating group) is 1. The Kier molecular flexibility index (Phi) is 8.16. The van der Waals surface area contributed by atoms with Gasteiger partial charge in [-0.3, -0.25) is 4.79 Å². The Hall–Kier alpha value is -4.12. The highest BCUT2D eigenvalue weighted by Crippen LogP contribution is 2.30. The third-order valence-electron chi connectivity index (χ3n) is 7.74. The summed E-state index contributed by atoms with van der Waals surface area (Å²) in [4.78, 5) is 26.7. The van der Waals surface area contributed by atoms with Gasteiger partial charge in [0.25, 0.3) is 0 Å². The summed E-state index contributed by atoms with van der Waals surface area (Å²) in [5.74, 6) is -0.812. The lowest BCUT2D eigenvalue weighted by Gasteiger charge is -2.34. The monoisotopic (exact) mass is 566 g/mol. The van der Waals surface area contributed by atoms with Gasteiger partial charge in [0.05, 0.1) is 12.5 Å². The maximum absolute atomic E-state index is 12.8. The number of piperazine rings is 1. The van der Waals surface area contributed by atoms with E-state index in [1.165, 1.54) is 12.1 Å². The van der Waals surface area contributed by atoms with Gasteiger partial charge in [0, 0.05) is 44.5 Å². The number of pyridine rings is 1. The zero-order valence-electron chi connectivity index (χ0n) is 23.0. The molecular formula is C30H33F3N6O2. The predicted octanol–water partition coefficient (Wildman–Crippen LogP) is 4.58. The standard InChI is InChI=1S/C30H33F3N6O2/c1-20(22-7-9-23(10-8-22)38-16-14-37(2)15-17-38)25(28(34)40)18-27-36-26-4-3-13-35-29(26)39(27)19-21-5-11-24(12-6-21)41-30(31,32)33/h3-13,20,25H,14-19H2,1-2H3,(H2,34,40)/t20-,25?/m1/s1. The number of primary amides is 1. The third kappa shape index (κ3) is 6.79. The molecule has 2 N–H and O–H groups in total. The van der Waals surface area contributed by atoms with E-state index in [1.807, 2.05) is 17.6 Å². The largest absolute Gasteiger partial charge is 0.573 e. The summed E-state index contributed by atoms with van der Waals surface area (Å²) >= 11 is 0. The number of imidazole rings is 1. The highest BCUT2D eigenvalue weighted by atomic mass is 19.4. The molecule has 0 spiro atoms. The van der Waals surface area contributed by atoms with Gasteiger partial charge >= 0.3 is 6.36 Å². The van der Waals surface area contributed by atoms with Crippen LogP contribution in [0.1, 0.15) is 29.8 Å². The number of rotatable bonds is 9. The quantitative estimate of drug-likeness (QED) is 0.319. The number of hydrogen-bond acceptors (Lipinski definition) is 6. The van der Waals surface area contributed by atoms with Gasteiger partial charge in [0.15, 0.2) is 5.65 Å². The molecule has 1 unspecified atom stereocenters. The van der Waals surface area contributed by atoms with Crippen molar-refractivity contribution in [3.63, 3.8) is 0 Å².